The van der Waals surface area contributed by atoms with Crippen LogP contribution in [0, 0.1) is 0 Å². The van der Waals surface area contributed by atoms with Gasteiger partial charge in [-0.1, -0.05) is 18.2 Å². The lowest BCUT2D eigenvalue weighted by molar-refractivity contribution is 0.572. The van der Waals surface area contributed by atoms with E-state index in [-0.39, 0.29) is 0 Å². The molecule has 0 radical (unpaired) electrons. The highest BCUT2D eigenvalue weighted by atomic mass is 15.3. The molecule has 1 aromatic heterocycles. The SMILES string of the molecule is CNCn1ncc2ccccc21. The third-order valence-electron chi connectivity index (χ3n) is 1.86. The van der Waals surface area contributed by atoms with E-state index in [1.807, 2.05) is 30.1 Å². The standard InChI is InChI=1S/C9H11N3/c1-10-7-12-9-5-3-2-4-8(9)6-11-12/h2-6,10H,7H2,1H3. The van der Waals surface area contributed by atoms with Crippen LogP contribution in [0.25, 0.3) is 10.9 Å². The van der Waals surface area contributed by atoms with Crippen LogP contribution in [0.4, 0.5) is 0 Å². The van der Waals surface area contributed by atoms with Crippen molar-refractivity contribution in [3.8, 4) is 0 Å². The van der Waals surface area contributed by atoms with Crippen molar-refractivity contribution in [1.82, 2.24) is 15.1 Å². The van der Waals surface area contributed by atoms with E-state index in [0.717, 1.165) is 6.67 Å². The zero-order valence-electron chi connectivity index (χ0n) is 6.99. The molecule has 0 aliphatic rings. The molecule has 0 aliphatic heterocycles. The highest BCUT2D eigenvalue weighted by Crippen LogP contribution is 2.11. The van der Waals surface area contributed by atoms with Crippen molar-refractivity contribution in [2.75, 3.05) is 7.05 Å². The Balaban J connectivity index is 2.55. The van der Waals surface area contributed by atoms with Gasteiger partial charge in [0.2, 0.25) is 0 Å². The maximum atomic E-state index is 4.24. The van der Waals surface area contributed by atoms with Crippen LogP contribution in [0.15, 0.2) is 30.5 Å². The average Bonchev–Trinajstić information content (AvgIpc) is 2.50. The first-order valence-electron chi connectivity index (χ1n) is 3.97. The molecule has 2 rings (SSSR count). The number of fused-ring (bicyclic) bond motifs is 1. The van der Waals surface area contributed by atoms with Crippen molar-refractivity contribution in [1.29, 1.82) is 0 Å². The molecule has 1 heterocycles. The molecule has 0 bridgehead atoms. The van der Waals surface area contributed by atoms with Gasteiger partial charge < -0.3 is 5.32 Å². The summed E-state index contributed by atoms with van der Waals surface area (Å²) in [6.07, 6.45) is 1.88. The van der Waals surface area contributed by atoms with Gasteiger partial charge in [0.25, 0.3) is 0 Å². The molecule has 0 atom stereocenters. The number of para-hydroxylation sites is 1. The fourth-order valence-corrected chi connectivity index (χ4v) is 1.30. The summed E-state index contributed by atoms with van der Waals surface area (Å²) >= 11 is 0. The Morgan fingerprint density at radius 1 is 1.42 bits per heavy atom. The Hall–Kier alpha value is -1.35. The van der Waals surface area contributed by atoms with Crippen LogP contribution in [0.2, 0.25) is 0 Å². The molecule has 0 unspecified atom stereocenters. The first kappa shape index (κ1) is 7.31. The molecule has 1 aromatic carbocycles. The second kappa shape index (κ2) is 2.95. The molecule has 3 nitrogen and oxygen atoms in total. The summed E-state index contributed by atoms with van der Waals surface area (Å²) in [7, 11) is 1.91. The highest BCUT2D eigenvalue weighted by molar-refractivity contribution is 5.78. The van der Waals surface area contributed by atoms with Crippen LogP contribution in [0.3, 0.4) is 0 Å². The van der Waals surface area contributed by atoms with E-state index in [9.17, 15) is 0 Å². The molecule has 0 amide bonds. The molecular formula is C9H11N3. The van der Waals surface area contributed by atoms with Gasteiger partial charge in [-0.05, 0) is 13.1 Å². The van der Waals surface area contributed by atoms with Gasteiger partial charge in [0.1, 0.15) is 0 Å². The van der Waals surface area contributed by atoms with Gasteiger partial charge in [-0.3, -0.25) is 4.68 Å². The predicted octanol–water partition coefficient (Wildman–Crippen LogP) is 1.21. The molecule has 12 heavy (non-hydrogen) atoms. The van der Waals surface area contributed by atoms with Gasteiger partial charge in [0.05, 0.1) is 18.4 Å². The molecule has 0 spiro atoms. The molecule has 3 heteroatoms. The Morgan fingerprint density at radius 3 is 3.08 bits per heavy atom. The molecule has 1 N–H and O–H groups in total. The number of hydrogen-bond donors (Lipinski definition) is 1. The monoisotopic (exact) mass is 161 g/mol. The van der Waals surface area contributed by atoms with Gasteiger partial charge in [-0.25, -0.2) is 0 Å². The van der Waals surface area contributed by atoms with Crippen molar-refractivity contribution in [2.24, 2.45) is 0 Å². The maximum absolute atomic E-state index is 4.24. The van der Waals surface area contributed by atoms with Crippen molar-refractivity contribution in [3.63, 3.8) is 0 Å². The normalized spacial score (nSPS) is 10.8. The molecule has 0 saturated carbocycles. The zero-order chi connectivity index (χ0) is 8.39. The zero-order valence-corrected chi connectivity index (χ0v) is 6.99. The maximum Gasteiger partial charge on any atom is 0.0908 e. The van der Waals surface area contributed by atoms with Crippen LogP contribution in [-0.4, -0.2) is 16.8 Å². The van der Waals surface area contributed by atoms with E-state index >= 15 is 0 Å². The molecule has 2 aromatic rings. The minimum atomic E-state index is 0.757. The summed E-state index contributed by atoms with van der Waals surface area (Å²) in [6, 6.07) is 8.18. The number of benzene rings is 1. The third kappa shape index (κ3) is 1.08. The van der Waals surface area contributed by atoms with E-state index in [1.54, 1.807) is 0 Å². The Morgan fingerprint density at radius 2 is 2.25 bits per heavy atom. The number of rotatable bonds is 2. The van der Waals surface area contributed by atoms with Crippen LogP contribution < -0.4 is 5.32 Å². The minimum absolute atomic E-state index is 0.757. The van der Waals surface area contributed by atoms with Crippen LogP contribution >= 0.6 is 0 Å². The van der Waals surface area contributed by atoms with Gasteiger partial charge in [-0.2, -0.15) is 5.10 Å². The molecule has 0 aliphatic carbocycles. The summed E-state index contributed by atoms with van der Waals surface area (Å²) in [5.41, 5.74) is 1.17. The fraction of sp³-hybridized carbons (Fsp3) is 0.222. The van der Waals surface area contributed by atoms with Gasteiger partial charge in [0.15, 0.2) is 0 Å². The quantitative estimate of drug-likeness (QED) is 0.717. The third-order valence-corrected chi connectivity index (χ3v) is 1.86. The van der Waals surface area contributed by atoms with E-state index in [4.69, 9.17) is 0 Å². The molecule has 0 fully saturated rings. The van der Waals surface area contributed by atoms with Crippen LogP contribution in [0.5, 0.6) is 0 Å². The Kier molecular flexibility index (Phi) is 1.80. The summed E-state index contributed by atoms with van der Waals surface area (Å²) in [6.45, 7) is 0.757. The second-order valence-electron chi connectivity index (χ2n) is 2.71. The minimum Gasteiger partial charge on any atom is -0.301 e. The van der Waals surface area contributed by atoms with Crippen molar-refractivity contribution < 1.29 is 0 Å². The lowest BCUT2D eigenvalue weighted by atomic mass is 10.3. The topological polar surface area (TPSA) is 29.9 Å². The van der Waals surface area contributed by atoms with Crippen LogP contribution in [-0.2, 0) is 6.67 Å². The average molecular weight is 161 g/mol. The first-order chi connectivity index (χ1) is 5.92. The number of nitrogens with zero attached hydrogens (tertiary/aromatic N) is 2. The van der Waals surface area contributed by atoms with Crippen molar-refractivity contribution >= 4 is 10.9 Å². The molecular weight excluding hydrogens is 150 g/mol. The number of hydrogen-bond acceptors (Lipinski definition) is 2. The summed E-state index contributed by atoms with van der Waals surface area (Å²) in [5, 5.41) is 8.49. The van der Waals surface area contributed by atoms with Crippen molar-refractivity contribution in [2.45, 2.75) is 6.67 Å². The number of aromatic nitrogens is 2. The van der Waals surface area contributed by atoms with Crippen molar-refractivity contribution in [3.05, 3.63) is 30.5 Å². The smallest absolute Gasteiger partial charge is 0.0908 e. The van der Waals surface area contributed by atoms with Gasteiger partial charge in [-0.15, -0.1) is 0 Å². The first-order valence-corrected chi connectivity index (χ1v) is 3.97. The van der Waals surface area contributed by atoms with Gasteiger partial charge >= 0.3 is 0 Å². The summed E-state index contributed by atoms with van der Waals surface area (Å²) < 4.78 is 1.94. The van der Waals surface area contributed by atoms with E-state index in [0.29, 0.717) is 0 Å². The number of nitrogens with one attached hydrogen (secondary N) is 1. The van der Waals surface area contributed by atoms with Gasteiger partial charge in [0, 0.05) is 5.39 Å². The fourth-order valence-electron chi connectivity index (χ4n) is 1.30. The Bertz CT molecular complexity index is 378. The van der Waals surface area contributed by atoms with E-state index in [2.05, 4.69) is 22.5 Å². The van der Waals surface area contributed by atoms with Crippen LogP contribution in [0.1, 0.15) is 0 Å². The van der Waals surface area contributed by atoms with E-state index in [1.165, 1.54) is 10.9 Å². The Labute approximate surface area is 71.0 Å². The summed E-state index contributed by atoms with van der Waals surface area (Å²) in [5.74, 6) is 0. The summed E-state index contributed by atoms with van der Waals surface area (Å²) in [4.78, 5) is 0. The lowest BCUT2D eigenvalue weighted by Crippen LogP contribution is -2.13. The van der Waals surface area contributed by atoms with E-state index < -0.39 is 0 Å². The molecule has 62 valence electrons. The second-order valence-corrected chi connectivity index (χ2v) is 2.71. The lowest BCUT2D eigenvalue weighted by Gasteiger charge is -2.00. The largest absolute Gasteiger partial charge is 0.301 e. The predicted molar refractivity (Wildman–Crippen MR) is 48.8 cm³/mol. The molecule has 0 saturated heterocycles. The highest BCUT2D eigenvalue weighted by Gasteiger charge is 1.98.